The van der Waals surface area contributed by atoms with E-state index in [1.165, 1.54) is 7.11 Å². The number of benzene rings is 2. The minimum atomic E-state index is -1.10. The predicted octanol–water partition coefficient (Wildman–Crippen LogP) is 3.25. The Morgan fingerprint density at radius 1 is 1.15 bits per heavy atom. The Labute approximate surface area is 227 Å². The van der Waals surface area contributed by atoms with Crippen molar-refractivity contribution in [3.8, 4) is 11.5 Å². The van der Waals surface area contributed by atoms with E-state index in [0.29, 0.717) is 35.6 Å². The number of para-hydroxylation sites is 2. The minimum absolute atomic E-state index is 0.0834. The van der Waals surface area contributed by atoms with Gasteiger partial charge in [-0.1, -0.05) is 44.2 Å². The fourth-order valence-electron chi connectivity index (χ4n) is 5.42. The molecule has 2 amide bonds. The molecule has 0 radical (unpaired) electrons. The van der Waals surface area contributed by atoms with Gasteiger partial charge in [-0.2, -0.15) is 0 Å². The van der Waals surface area contributed by atoms with E-state index in [1.54, 1.807) is 23.1 Å². The number of carbonyl (C=O) groups is 2. The largest absolute Gasteiger partial charge is 0.493 e. The normalized spacial score (nSPS) is 21.6. The van der Waals surface area contributed by atoms with Crippen LogP contribution in [0.25, 0.3) is 11.0 Å². The SMILES string of the molecule is COc1cccc2cc(C(=O)N(CCC(C)C)[C@@H]3C=C(C(=O)NCCO)[C@@H]4c5ccccc5O[C@@H]4[C@H]3O)oc12. The summed E-state index contributed by atoms with van der Waals surface area (Å²) in [5, 5.41) is 24.4. The monoisotopic (exact) mass is 534 g/mol. The van der Waals surface area contributed by atoms with E-state index in [1.807, 2.05) is 36.4 Å². The summed E-state index contributed by atoms with van der Waals surface area (Å²) < 4.78 is 17.6. The molecule has 2 aliphatic rings. The fraction of sp³-hybridized carbons (Fsp3) is 0.400. The molecule has 2 aromatic carbocycles. The maximum Gasteiger partial charge on any atom is 0.290 e. The molecular formula is C30H34N2O7. The number of carbonyl (C=O) groups excluding carboxylic acids is 2. The summed E-state index contributed by atoms with van der Waals surface area (Å²) in [5.74, 6) is 0.219. The van der Waals surface area contributed by atoms with Crippen molar-refractivity contribution in [3.63, 3.8) is 0 Å². The molecule has 0 bridgehead atoms. The van der Waals surface area contributed by atoms with Gasteiger partial charge in [0.2, 0.25) is 5.91 Å². The lowest BCUT2D eigenvalue weighted by Crippen LogP contribution is -2.56. The molecule has 39 heavy (non-hydrogen) atoms. The molecule has 0 saturated carbocycles. The smallest absolute Gasteiger partial charge is 0.290 e. The number of hydrogen-bond donors (Lipinski definition) is 3. The Morgan fingerprint density at radius 3 is 2.69 bits per heavy atom. The standard InChI is InChI=1S/C30H34N2O7/c1-17(2)11-13-32(30(36)24-15-18-7-6-10-23(37-3)27(18)39-24)21-16-20(29(35)31-12-14-33)25-19-8-4-5-9-22(19)38-28(25)26(21)34/h4-10,15-17,21,25-26,28,33-34H,11-14H2,1-3H3,(H,31,35)/t21-,25+,26+,28+/m1/s1. The highest BCUT2D eigenvalue weighted by molar-refractivity contribution is 5.99. The summed E-state index contributed by atoms with van der Waals surface area (Å²) in [6.45, 7) is 4.32. The zero-order valence-corrected chi connectivity index (χ0v) is 22.3. The number of furan rings is 1. The second-order valence-electron chi connectivity index (χ2n) is 10.4. The summed E-state index contributed by atoms with van der Waals surface area (Å²) in [6, 6.07) is 13.6. The van der Waals surface area contributed by atoms with Crippen molar-refractivity contribution in [1.29, 1.82) is 0 Å². The number of nitrogens with one attached hydrogen (secondary N) is 1. The third-order valence-corrected chi connectivity index (χ3v) is 7.38. The molecule has 2 heterocycles. The lowest BCUT2D eigenvalue weighted by atomic mass is 9.77. The molecule has 9 heteroatoms. The summed E-state index contributed by atoms with van der Waals surface area (Å²) >= 11 is 0. The van der Waals surface area contributed by atoms with Gasteiger partial charge in [-0.25, -0.2) is 0 Å². The van der Waals surface area contributed by atoms with Gasteiger partial charge >= 0.3 is 0 Å². The number of hydrogen-bond acceptors (Lipinski definition) is 7. The van der Waals surface area contributed by atoms with Crippen molar-refractivity contribution in [2.45, 2.75) is 44.4 Å². The summed E-state index contributed by atoms with van der Waals surface area (Å²) in [6.07, 6.45) is 0.475. The molecule has 4 atom stereocenters. The fourth-order valence-corrected chi connectivity index (χ4v) is 5.42. The van der Waals surface area contributed by atoms with Crippen LogP contribution in [0.4, 0.5) is 0 Å². The van der Waals surface area contributed by atoms with Crippen molar-refractivity contribution >= 4 is 22.8 Å². The van der Waals surface area contributed by atoms with E-state index in [4.69, 9.17) is 13.9 Å². The Bertz CT molecular complexity index is 1390. The van der Waals surface area contributed by atoms with Crippen molar-refractivity contribution in [2.75, 3.05) is 26.8 Å². The average Bonchev–Trinajstić information content (AvgIpc) is 3.55. The van der Waals surface area contributed by atoms with E-state index < -0.39 is 30.1 Å². The number of ether oxygens (including phenoxy) is 2. The van der Waals surface area contributed by atoms with Crippen molar-refractivity contribution in [1.82, 2.24) is 10.2 Å². The van der Waals surface area contributed by atoms with Crippen LogP contribution in [0.15, 0.2) is 64.6 Å². The first-order chi connectivity index (χ1) is 18.8. The van der Waals surface area contributed by atoms with E-state index in [0.717, 1.165) is 10.9 Å². The van der Waals surface area contributed by atoms with Crippen molar-refractivity contribution in [2.24, 2.45) is 5.92 Å². The summed E-state index contributed by atoms with van der Waals surface area (Å²) in [5.41, 5.74) is 1.66. The van der Waals surface area contributed by atoms with Gasteiger partial charge in [0.05, 0.1) is 25.7 Å². The first kappa shape index (κ1) is 26.8. The Hall–Kier alpha value is -3.82. The third-order valence-electron chi connectivity index (χ3n) is 7.38. The maximum atomic E-state index is 14.0. The highest BCUT2D eigenvalue weighted by atomic mass is 16.5. The second-order valence-corrected chi connectivity index (χ2v) is 10.4. The van der Waals surface area contributed by atoms with Gasteiger partial charge in [-0.15, -0.1) is 0 Å². The van der Waals surface area contributed by atoms with Crippen LogP contribution >= 0.6 is 0 Å². The summed E-state index contributed by atoms with van der Waals surface area (Å²) in [4.78, 5) is 28.9. The Balaban J connectivity index is 1.57. The molecule has 0 saturated heterocycles. The van der Waals surface area contributed by atoms with Gasteiger partial charge in [0, 0.05) is 29.6 Å². The van der Waals surface area contributed by atoms with Crippen LogP contribution in [-0.2, 0) is 4.79 Å². The molecule has 206 valence electrons. The lowest BCUT2D eigenvalue weighted by molar-refractivity contribution is -0.118. The topological polar surface area (TPSA) is 121 Å². The average molecular weight is 535 g/mol. The van der Waals surface area contributed by atoms with Gasteiger partial charge in [-0.05, 0) is 36.6 Å². The van der Waals surface area contributed by atoms with Gasteiger partial charge in [-0.3, -0.25) is 9.59 Å². The minimum Gasteiger partial charge on any atom is -0.493 e. The molecule has 5 rings (SSSR count). The number of rotatable bonds is 9. The highest BCUT2D eigenvalue weighted by Gasteiger charge is 2.50. The molecule has 1 aliphatic heterocycles. The van der Waals surface area contributed by atoms with Gasteiger partial charge in [0.25, 0.3) is 5.91 Å². The predicted molar refractivity (Wildman–Crippen MR) is 145 cm³/mol. The second kappa shape index (κ2) is 11.1. The number of aliphatic hydroxyl groups excluding tert-OH is 2. The van der Waals surface area contributed by atoms with E-state index in [2.05, 4.69) is 19.2 Å². The molecule has 3 N–H and O–H groups in total. The van der Waals surface area contributed by atoms with Crippen LogP contribution in [0.2, 0.25) is 0 Å². The number of amides is 2. The Kier molecular flexibility index (Phi) is 7.63. The number of aliphatic hydroxyl groups is 2. The molecule has 3 aromatic rings. The number of methoxy groups -OCH3 is 1. The molecule has 1 aliphatic carbocycles. The van der Waals surface area contributed by atoms with Gasteiger partial charge < -0.3 is 34.3 Å². The van der Waals surface area contributed by atoms with Crippen LogP contribution in [0.5, 0.6) is 11.5 Å². The molecule has 9 nitrogen and oxygen atoms in total. The molecule has 0 spiro atoms. The van der Waals surface area contributed by atoms with Crippen LogP contribution in [0, 0.1) is 5.92 Å². The maximum absolute atomic E-state index is 14.0. The molecule has 0 unspecified atom stereocenters. The van der Waals surface area contributed by atoms with Crippen LogP contribution in [0.1, 0.15) is 42.3 Å². The van der Waals surface area contributed by atoms with Crippen LogP contribution in [-0.4, -0.2) is 72.0 Å². The number of fused-ring (bicyclic) bond motifs is 4. The first-order valence-corrected chi connectivity index (χ1v) is 13.3. The first-order valence-electron chi connectivity index (χ1n) is 13.3. The lowest BCUT2D eigenvalue weighted by Gasteiger charge is -2.40. The summed E-state index contributed by atoms with van der Waals surface area (Å²) in [7, 11) is 1.54. The highest BCUT2D eigenvalue weighted by Crippen LogP contribution is 2.47. The van der Waals surface area contributed by atoms with Crippen LogP contribution in [0.3, 0.4) is 0 Å². The quantitative estimate of drug-likeness (QED) is 0.385. The van der Waals surface area contributed by atoms with Gasteiger partial charge in [0.15, 0.2) is 17.1 Å². The van der Waals surface area contributed by atoms with Crippen molar-refractivity contribution < 1.29 is 33.7 Å². The van der Waals surface area contributed by atoms with E-state index >= 15 is 0 Å². The van der Waals surface area contributed by atoms with Crippen LogP contribution < -0.4 is 14.8 Å². The molecule has 0 fully saturated rings. The zero-order valence-electron chi connectivity index (χ0n) is 22.3. The van der Waals surface area contributed by atoms with Crippen molar-refractivity contribution in [3.05, 3.63) is 71.5 Å². The molecule has 1 aromatic heterocycles. The van der Waals surface area contributed by atoms with E-state index in [-0.39, 0.29) is 30.7 Å². The molecular weight excluding hydrogens is 500 g/mol. The van der Waals surface area contributed by atoms with Gasteiger partial charge in [0.1, 0.15) is 18.0 Å². The zero-order chi connectivity index (χ0) is 27.7. The third kappa shape index (κ3) is 4.99. The Morgan fingerprint density at radius 2 is 1.95 bits per heavy atom. The number of nitrogens with zero attached hydrogens (tertiary/aromatic N) is 1. The van der Waals surface area contributed by atoms with E-state index in [9.17, 15) is 19.8 Å².